The molecule has 3 aromatic rings. The Bertz CT molecular complexity index is 1170. The summed E-state index contributed by atoms with van der Waals surface area (Å²) in [6.45, 7) is 2.57. The summed E-state index contributed by atoms with van der Waals surface area (Å²) >= 11 is 0. The molecule has 1 saturated heterocycles. The van der Waals surface area contributed by atoms with Crippen LogP contribution in [0.1, 0.15) is 22.5 Å². The monoisotopic (exact) mass is 428 g/mol. The number of piperazine rings is 1. The number of nitriles is 1. The number of aromatic nitrogens is 1. The molecule has 7 nitrogen and oxygen atoms in total. The van der Waals surface area contributed by atoms with Crippen LogP contribution in [0.2, 0.25) is 0 Å². The minimum absolute atomic E-state index is 0.0779. The molecule has 0 radical (unpaired) electrons. The van der Waals surface area contributed by atoms with Gasteiger partial charge in [0.25, 0.3) is 5.91 Å². The minimum atomic E-state index is -1.03. The fourth-order valence-electron chi connectivity index (χ4n) is 4.32. The standard InChI is InChI=1S/C25H24N4O3/c1-18-16-22(24(30)28-15-14-27(25(31)32)17-21(28)12-13-26)23(19-8-4-2-5-9-19)29(18)20-10-6-3-7-11-20/h2-11,16,21H,12,14-15,17H2,1H3,(H,31,32). The highest BCUT2D eigenvalue weighted by Crippen LogP contribution is 2.32. The maximum atomic E-state index is 13.8. The molecule has 32 heavy (non-hydrogen) atoms. The Kier molecular flexibility index (Phi) is 5.95. The fraction of sp³-hybridized carbons (Fsp3) is 0.240. The second kappa shape index (κ2) is 8.98. The lowest BCUT2D eigenvalue weighted by atomic mass is 10.0. The van der Waals surface area contributed by atoms with Gasteiger partial charge in [0.15, 0.2) is 0 Å². The summed E-state index contributed by atoms with van der Waals surface area (Å²) in [5.41, 5.74) is 4.11. The van der Waals surface area contributed by atoms with Crippen LogP contribution in [0.25, 0.3) is 16.9 Å². The number of rotatable bonds is 4. The van der Waals surface area contributed by atoms with Crippen molar-refractivity contribution < 1.29 is 14.7 Å². The molecule has 1 aliphatic heterocycles. The van der Waals surface area contributed by atoms with E-state index in [2.05, 4.69) is 10.6 Å². The predicted octanol–water partition coefficient (Wildman–Crippen LogP) is 4.17. The van der Waals surface area contributed by atoms with Gasteiger partial charge < -0.3 is 19.5 Å². The Hall–Kier alpha value is -4.05. The highest BCUT2D eigenvalue weighted by molar-refractivity contribution is 6.01. The van der Waals surface area contributed by atoms with Gasteiger partial charge in [0, 0.05) is 31.0 Å². The van der Waals surface area contributed by atoms with E-state index in [4.69, 9.17) is 0 Å². The topological polar surface area (TPSA) is 89.6 Å². The zero-order chi connectivity index (χ0) is 22.7. The molecule has 1 aromatic heterocycles. The minimum Gasteiger partial charge on any atom is -0.465 e. The van der Waals surface area contributed by atoms with Gasteiger partial charge >= 0.3 is 6.09 Å². The van der Waals surface area contributed by atoms with Crippen LogP contribution in [-0.4, -0.2) is 57.1 Å². The van der Waals surface area contributed by atoms with Gasteiger partial charge in [-0.15, -0.1) is 0 Å². The number of para-hydroxylation sites is 1. The molecule has 2 amide bonds. The Morgan fingerprint density at radius 3 is 2.34 bits per heavy atom. The van der Waals surface area contributed by atoms with Gasteiger partial charge in [-0.05, 0) is 30.7 Å². The van der Waals surface area contributed by atoms with Crippen LogP contribution in [0.5, 0.6) is 0 Å². The van der Waals surface area contributed by atoms with Crippen LogP contribution in [0.3, 0.4) is 0 Å². The number of hydrogen-bond acceptors (Lipinski definition) is 3. The predicted molar refractivity (Wildman–Crippen MR) is 121 cm³/mol. The Balaban J connectivity index is 1.81. The van der Waals surface area contributed by atoms with E-state index in [1.54, 1.807) is 4.90 Å². The molecule has 0 saturated carbocycles. The van der Waals surface area contributed by atoms with Crippen LogP contribution < -0.4 is 0 Å². The SMILES string of the molecule is Cc1cc(C(=O)N2CCN(C(=O)O)CC2CC#N)c(-c2ccccc2)n1-c1ccccc1. The molecule has 1 fully saturated rings. The first-order valence-electron chi connectivity index (χ1n) is 10.5. The van der Waals surface area contributed by atoms with Gasteiger partial charge in [0.05, 0.1) is 29.8 Å². The highest BCUT2D eigenvalue weighted by Gasteiger charge is 2.35. The summed E-state index contributed by atoms with van der Waals surface area (Å²) in [7, 11) is 0. The van der Waals surface area contributed by atoms with E-state index in [0.717, 1.165) is 22.6 Å². The lowest BCUT2D eigenvalue weighted by Crippen LogP contribution is -2.56. The van der Waals surface area contributed by atoms with Gasteiger partial charge in [-0.25, -0.2) is 4.79 Å². The molecule has 162 valence electrons. The molecule has 1 N–H and O–H groups in total. The van der Waals surface area contributed by atoms with Crippen molar-refractivity contribution in [2.24, 2.45) is 0 Å². The summed E-state index contributed by atoms with van der Waals surface area (Å²) in [5, 5.41) is 18.6. The van der Waals surface area contributed by atoms with E-state index in [1.165, 1.54) is 4.90 Å². The number of carbonyl (C=O) groups excluding carboxylic acids is 1. The number of benzene rings is 2. The average molecular weight is 428 g/mol. The maximum absolute atomic E-state index is 13.8. The Morgan fingerprint density at radius 1 is 1.06 bits per heavy atom. The zero-order valence-corrected chi connectivity index (χ0v) is 17.8. The molecular formula is C25H24N4O3. The lowest BCUT2D eigenvalue weighted by molar-refractivity contribution is 0.0459. The second-order valence-electron chi connectivity index (χ2n) is 7.83. The van der Waals surface area contributed by atoms with Gasteiger partial charge in [-0.2, -0.15) is 5.26 Å². The maximum Gasteiger partial charge on any atom is 0.407 e. The average Bonchev–Trinajstić information content (AvgIpc) is 3.17. The molecule has 1 atom stereocenters. The molecule has 4 rings (SSSR count). The van der Waals surface area contributed by atoms with Crippen molar-refractivity contribution in [1.29, 1.82) is 5.26 Å². The normalized spacial score (nSPS) is 15.9. The number of nitrogens with zero attached hydrogens (tertiary/aromatic N) is 4. The van der Waals surface area contributed by atoms with Crippen molar-refractivity contribution in [2.75, 3.05) is 19.6 Å². The van der Waals surface area contributed by atoms with Crippen molar-refractivity contribution in [3.05, 3.63) is 78.0 Å². The Morgan fingerprint density at radius 2 is 1.72 bits per heavy atom. The molecule has 2 aromatic carbocycles. The first-order chi connectivity index (χ1) is 15.5. The summed E-state index contributed by atoms with van der Waals surface area (Å²) < 4.78 is 2.06. The fourth-order valence-corrected chi connectivity index (χ4v) is 4.32. The highest BCUT2D eigenvalue weighted by atomic mass is 16.4. The van der Waals surface area contributed by atoms with E-state index < -0.39 is 12.1 Å². The first-order valence-corrected chi connectivity index (χ1v) is 10.5. The van der Waals surface area contributed by atoms with E-state index in [0.29, 0.717) is 5.56 Å². The van der Waals surface area contributed by atoms with E-state index in [9.17, 15) is 20.0 Å². The summed E-state index contributed by atoms with van der Waals surface area (Å²) in [6.07, 6.45) is -0.953. The summed E-state index contributed by atoms with van der Waals surface area (Å²) in [4.78, 5) is 28.1. The molecule has 2 heterocycles. The number of carbonyl (C=O) groups is 2. The molecular weight excluding hydrogens is 404 g/mol. The molecule has 0 aliphatic carbocycles. The molecule has 1 unspecified atom stereocenters. The number of amides is 2. The molecule has 0 spiro atoms. The third-order valence-electron chi connectivity index (χ3n) is 5.82. The third kappa shape index (κ3) is 3.95. The molecule has 7 heteroatoms. The zero-order valence-electron chi connectivity index (χ0n) is 17.8. The van der Waals surface area contributed by atoms with Crippen molar-refractivity contribution in [3.8, 4) is 23.0 Å². The van der Waals surface area contributed by atoms with Crippen molar-refractivity contribution in [2.45, 2.75) is 19.4 Å². The van der Waals surface area contributed by atoms with Crippen LogP contribution in [0.4, 0.5) is 4.79 Å². The number of hydrogen-bond donors (Lipinski definition) is 1. The van der Waals surface area contributed by atoms with Gasteiger partial charge in [0.1, 0.15) is 0 Å². The Labute approximate surface area is 186 Å². The van der Waals surface area contributed by atoms with E-state index in [-0.39, 0.29) is 32.0 Å². The second-order valence-corrected chi connectivity index (χ2v) is 7.83. The largest absolute Gasteiger partial charge is 0.465 e. The van der Waals surface area contributed by atoms with Crippen LogP contribution in [0, 0.1) is 18.3 Å². The third-order valence-corrected chi connectivity index (χ3v) is 5.82. The van der Waals surface area contributed by atoms with Crippen LogP contribution >= 0.6 is 0 Å². The summed E-state index contributed by atoms with van der Waals surface area (Å²) in [5.74, 6) is -0.188. The lowest BCUT2D eigenvalue weighted by Gasteiger charge is -2.39. The van der Waals surface area contributed by atoms with Gasteiger partial charge in [-0.3, -0.25) is 4.79 Å². The van der Waals surface area contributed by atoms with Crippen molar-refractivity contribution >= 4 is 12.0 Å². The first kappa shape index (κ1) is 21.2. The van der Waals surface area contributed by atoms with Gasteiger partial charge in [0.2, 0.25) is 0 Å². The number of aryl methyl sites for hydroxylation is 1. The van der Waals surface area contributed by atoms with Crippen molar-refractivity contribution in [3.63, 3.8) is 0 Å². The summed E-state index contributed by atoms with van der Waals surface area (Å²) in [6, 6.07) is 23.1. The van der Waals surface area contributed by atoms with E-state index in [1.807, 2.05) is 73.7 Å². The smallest absolute Gasteiger partial charge is 0.407 e. The van der Waals surface area contributed by atoms with E-state index >= 15 is 0 Å². The molecule has 0 bridgehead atoms. The quantitative estimate of drug-likeness (QED) is 0.675. The van der Waals surface area contributed by atoms with Crippen LogP contribution in [-0.2, 0) is 0 Å². The van der Waals surface area contributed by atoms with Crippen LogP contribution in [0.15, 0.2) is 66.7 Å². The van der Waals surface area contributed by atoms with Gasteiger partial charge in [-0.1, -0.05) is 48.5 Å². The van der Waals surface area contributed by atoms with Crippen molar-refractivity contribution in [1.82, 2.24) is 14.4 Å². The number of carboxylic acid groups (broad SMARTS) is 1. The molecule has 1 aliphatic rings.